The Hall–Kier alpha value is -3.82. The summed E-state index contributed by atoms with van der Waals surface area (Å²) in [5.74, 6) is 1.47. The highest BCUT2D eigenvalue weighted by molar-refractivity contribution is 5.85. The van der Waals surface area contributed by atoms with Crippen molar-refractivity contribution in [1.82, 2.24) is 25.0 Å². The molecular formula is C20H22N6O4. The molecule has 0 fully saturated rings. The molecule has 0 atom stereocenters. The average Bonchev–Trinajstić information content (AvgIpc) is 3.05. The molecule has 0 saturated carbocycles. The van der Waals surface area contributed by atoms with Crippen LogP contribution in [-0.4, -0.2) is 60.7 Å². The van der Waals surface area contributed by atoms with Gasteiger partial charge in [0.05, 0.1) is 6.54 Å². The van der Waals surface area contributed by atoms with E-state index in [1.807, 2.05) is 22.9 Å². The third-order valence-corrected chi connectivity index (χ3v) is 4.65. The van der Waals surface area contributed by atoms with Crippen LogP contribution in [0.4, 0.5) is 5.82 Å². The summed E-state index contributed by atoms with van der Waals surface area (Å²) in [5, 5.41) is 28.3. The molecule has 1 aromatic carbocycles. The first-order valence-corrected chi connectivity index (χ1v) is 9.47. The van der Waals surface area contributed by atoms with E-state index in [9.17, 15) is 4.79 Å². The fourth-order valence-electron chi connectivity index (χ4n) is 3.20. The number of fused-ring (bicyclic) bond motifs is 1. The standard InChI is InChI=1S/C19H20N6O2.CH2O2/c26-19(27)15-7-9-18(22-21-15)24-11-10-17-20-16(23-25(17)13-12-24)8-6-14-4-2-1-3-5-14;2-1-3/h1-5,7,9H,6,8,10-13H2,(H,26,27);1H,(H,2,3). The van der Waals surface area contributed by atoms with Crippen molar-refractivity contribution in [3.8, 4) is 0 Å². The number of nitrogens with zero attached hydrogens (tertiary/aromatic N) is 6. The maximum absolute atomic E-state index is 10.9. The van der Waals surface area contributed by atoms with E-state index >= 15 is 0 Å². The summed E-state index contributed by atoms with van der Waals surface area (Å²) in [6.07, 6.45) is 2.53. The highest BCUT2D eigenvalue weighted by atomic mass is 16.4. The first-order valence-electron chi connectivity index (χ1n) is 9.47. The summed E-state index contributed by atoms with van der Waals surface area (Å²) in [4.78, 5) is 26.0. The Morgan fingerprint density at radius 2 is 1.80 bits per heavy atom. The van der Waals surface area contributed by atoms with Crippen LogP contribution in [0.3, 0.4) is 0 Å². The minimum Gasteiger partial charge on any atom is -0.483 e. The highest BCUT2D eigenvalue weighted by Crippen LogP contribution is 2.15. The molecule has 4 rings (SSSR count). The Morgan fingerprint density at radius 1 is 1.03 bits per heavy atom. The fourth-order valence-corrected chi connectivity index (χ4v) is 3.20. The first kappa shape index (κ1) is 20.9. The number of aromatic carboxylic acids is 1. The number of hydrogen-bond acceptors (Lipinski definition) is 7. The number of hydrogen-bond donors (Lipinski definition) is 2. The molecule has 0 bridgehead atoms. The lowest BCUT2D eigenvalue weighted by atomic mass is 10.1. The van der Waals surface area contributed by atoms with Gasteiger partial charge in [0.2, 0.25) is 0 Å². The number of aromatic nitrogens is 5. The van der Waals surface area contributed by atoms with Crippen LogP contribution in [0.1, 0.15) is 27.7 Å². The van der Waals surface area contributed by atoms with Gasteiger partial charge in [0.25, 0.3) is 6.47 Å². The molecule has 10 heteroatoms. The number of carboxylic acid groups (broad SMARTS) is 2. The molecule has 10 nitrogen and oxygen atoms in total. The lowest BCUT2D eigenvalue weighted by molar-refractivity contribution is -0.122. The normalized spacial score (nSPS) is 12.9. The van der Waals surface area contributed by atoms with Crippen LogP contribution in [0.2, 0.25) is 0 Å². The Labute approximate surface area is 172 Å². The predicted molar refractivity (Wildman–Crippen MR) is 107 cm³/mol. The van der Waals surface area contributed by atoms with E-state index in [1.165, 1.54) is 11.6 Å². The molecule has 2 N–H and O–H groups in total. The van der Waals surface area contributed by atoms with Gasteiger partial charge in [-0.15, -0.1) is 10.2 Å². The van der Waals surface area contributed by atoms with Crippen LogP contribution >= 0.6 is 0 Å². The molecule has 3 aromatic rings. The number of anilines is 1. The van der Waals surface area contributed by atoms with Crippen molar-refractivity contribution >= 4 is 18.3 Å². The van der Waals surface area contributed by atoms with Gasteiger partial charge in [0.15, 0.2) is 17.3 Å². The SMILES string of the molecule is O=C(O)c1ccc(N2CCc3nc(CCc4ccccc4)nn3CC2)nn1.O=CO. The molecule has 2 aromatic heterocycles. The largest absolute Gasteiger partial charge is 0.483 e. The third kappa shape index (κ3) is 5.37. The average molecular weight is 410 g/mol. The zero-order valence-electron chi connectivity index (χ0n) is 16.3. The molecular weight excluding hydrogens is 388 g/mol. The first-order chi connectivity index (χ1) is 14.6. The highest BCUT2D eigenvalue weighted by Gasteiger charge is 2.19. The Morgan fingerprint density at radius 3 is 2.47 bits per heavy atom. The topological polar surface area (TPSA) is 134 Å². The molecule has 0 saturated heterocycles. The third-order valence-electron chi connectivity index (χ3n) is 4.65. The van der Waals surface area contributed by atoms with Gasteiger partial charge in [0, 0.05) is 25.9 Å². The van der Waals surface area contributed by atoms with Gasteiger partial charge in [-0.2, -0.15) is 5.10 Å². The van der Waals surface area contributed by atoms with Crippen LogP contribution in [0, 0.1) is 0 Å². The molecule has 0 unspecified atom stereocenters. The van der Waals surface area contributed by atoms with Crippen LogP contribution in [0.25, 0.3) is 0 Å². The monoisotopic (exact) mass is 410 g/mol. The number of aryl methyl sites for hydroxylation is 2. The van der Waals surface area contributed by atoms with E-state index in [0.717, 1.165) is 50.5 Å². The van der Waals surface area contributed by atoms with Crippen molar-refractivity contribution in [2.75, 3.05) is 18.0 Å². The van der Waals surface area contributed by atoms with Gasteiger partial charge in [0.1, 0.15) is 5.82 Å². The maximum atomic E-state index is 10.9. The van der Waals surface area contributed by atoms with E-state index in [-0.39, 0.29) is 12.2 Å². The molecule has 156 valence electrons. The zero-order chi connectivity index (χ0) is 21.3. The summed E-state index contributed by atoms with van der Waals surface area (Å²) in [6, 6.07) is 13.5. The molecule has 1 aliphatic heterocycles. The van der Waals surface area contributed by atoms with Crippen LogP contribution in [0.15, 0.2) is 42.5 Å². The van der Waals surface area contributed by atoms with Gasteiger partial charge in [-0.05, 0) is 24.1 Å². The number of benzene rings is 1. The van der Waals surface area contributed by atoms with E-state index in [1.54, 1.807) is 6.07 Å². The molecule has 30 heavy (non-hydrogen) atoms. The van der Waals surface area contributed by atoms with Crippen molar-refractivity contribution < 1.29 is 19.8 Å². The Balaban J connectivity index is 0.000000806. The van der Waals surface area contributed by atoms with E-state index in [4.69, 9.17) is 20.0 Å². The minimum absolute atomic E-state index is 0.0498. The Kier molecular flexibility index (Phi) is 7.04. The molecule has 0 aliphatic carbocycles. The van der Waals surface area contributed by atoms with E-state index in [0.29, 0.717) is 5.82 Å². The Bertz CT molecular complexity index is 949. The second-order valence-corrected chi connectivity index (χ2v) is 6.58. The van der Waals surface area contributed by atoms with Gasteiger partial charge in [-0.3, -0.25) is 4.79 Å². The summed E-state index contributed by atoms with van der Waals surface area (Å²) >= 11 is 0. The molecule has 1 aliphatic rings. The van der Waals surface area contributed by atoms with Crippen LogP contribution in [0.5, 0.6) is 0 Å². The quantitative estimate of drug-likeness (QED) is 0.597. The number of carbonyl (C=O) groups is 2. The van der Waals surface area contributed by atoms with E-state index < -0.39 is 5.97 Å². The van der Waals surface area contributed by atoms with Crippen molar-refractivity contribution in [1.29, 1.82) is 0 Å². The summed E-state index contributed by atoms with van der Waals surface area (Å²) in [7, 11) is 0. The lowest BCUT2D eigenvalue weighted by Crippen LogP contribution is -2.28. The smallest absolute Gasteiger partial charge is 0.356 e. The second-order valence-electron chi connectivity index (χ2n) is 6.58. The summed E-state index contributed by atoms with van der Waals surface area (Å²) in [6.45, 7) is 1.95. The second kappa shape index (κ2) is 10.1. The molecule has 0 amide bonds. The minimum atomic E-state index is -1.07. The predicted octanol–water partition coefficient (Wildman–Crippen LogP) is 1.31. The summed E-state index contributed by atoms with van der Waals surface area (Å²) < 4.78 is 1.97. The van der Waals surface area contributed by atoms with Gasteiger partial charge in [-0.25, -0.2) is 14.5 Å². The zero-order valence-corrected chi connectivity index (χ0v) is 16.3. The van der Waals surface area contributed by atoms with Crippen LogP contribution in [-0.2, 0) is 30.6 Å². The van der Waals surface area contributed by atoms with Gasteiger partial charge < -0.3 is 15.1 Å². The fraction of sp³-hybridized carbons (Fsp3) is 0.300. The molecule has 0 spiro atoms. The van der Waals surface area contributed by atoms with Gasteiger partial charge >= 0.3 is 5.97 Å². The summed E-state index contributed by atoms with van der Waals surface area (Å²) in [5.41, 5.74) is 1.24. The van der Waals surface area contributed by atoms with Crippen LogP contribution < -0.4 is 4.90 Å². The van der Waals surface area contributed by atoms with E-state index in [2.05, 4.69) is 32.3 Å². The molecule has 3 heterocycles. The van der Waals surface area contributed by atoms with Crippen molar-refractivity contribution in [3.63, 3.8) is 0 Å². The van der Waals surface area contributed by atoms with Gasteiger partial charge in [-0.1, -0.05) is 30.3 Å². The van der Waals surface area contributed by atoms with Crippen molar-refractivity contribution in [2.45, 2.75) is 25.8 Å². The number of carboxylic acids is 1. The van der Waals surface area contributed by atoms with Crippen molar-refractivity contribution in [3.05, 3.63) is 65.4 Å². The van der Waals surface area contributed by atoms with Crippen molar-refractivity contribution in [2.24, 2.45) is 0 Å². The lowest BCUT2D eigenvalue weighted by Gasteiger charge is -2.20. The number of rotatable bonds is 5. The molecule has 0 radical (unpaired) electrons. The maximum Gasteiger partial charge on any atom is 0.356 e.